The van der Waals surface area contributed by atoms with Gasteiger partial charge in [0, 0.05) is 25.2 Å². The molecule has 3 heterocycles. The van der Waals surface area contributed by atoms with E-state index in [9.17, 15) is 24.0 Å². The molecule has 1 aromatic heterocycles. The summed E-state index contributed by atoms with van der Waals surface area (Å²) in [5.74, 6) is -2.75. The normalized spacial score (nSPS) is 20.3. The third kappa shape index (κ3) is 5.74. The summed E-state index contributed by atoms with van der Waals surface area (Å²) < 4.78 is 19.9. The van der Waals surface area contributed by atoms with Gasteiger partial charge < -0.3 is 34.5 Å². The number of nitrogens with two attached hydrogens (primary N) is 1. The Balaban J connectivity index is 1.80. The Morgan fingerprint density at radius 2 is 2.09 bits per heavy atom. The zero-order chi connectivity index (χ0) is 25.7. The van der Waals surface area contributed by atoms with Crippen LogP contribution < -0.4 is 11.1 Å². The van der Waals surface area contributed by atoms with Crippen molar-refractivity contribution in [2.24, 2.45) is 10.9 Å². The van der Waals surface area contributed by atoms with Crippen molar-refractivity contribution in [3.63, 3.8) is 0 Å². The Labute approximate surface area is 202 Å². The fourth-order valence-corrected chi connectivity index (χ4v) is 4.65. The predicted octanol–water partition coefficient (Wildman–Crippen LogP) is -0.168. The molecule has 0 saturated carbocycles. The highest BCUT2D eigenvalue weighted by Gasteiger charge is 2.55. The number of furan rings is 1. The van der Waals surface area contributed by atoms with Gasteiger partial charge in [-0.25, -0.2) is 9.59 Å². The summed E-state index contributed by atoms with van der Waals surface area (Å²) in [6.07, 6.45) is -0.976. The first-order valence-electron chi connectivity index (χ1n) is 10.1. The molecule has 0 spiro atoms. The first kappa shape index (κ1) is 25.6. The fraction of sp³-hybridized carbons (Fsp3) is 0.400. The molecule has 1 fully saturated rings. The summed E-state index contributed by atoms with van der Waals surface area (Å²) in [5.41, 5.74) is 4.89. The quantitative estimate of drug-likeness (QED) is 0.147. The molecule has 15 heteroatoms. The minimum Gasteiger partial charge on any atom is -0.462 e. The van der Waals surface area contributed by atoms with Crippen molar-refractivity contribution in [2.75, 3.05) is 19.5 Å². The van der Waals surface area contributed by atoms with E-state index < -0.39 is 47.6 Å². The van der Waals surface area contributed by atoms with E-state index in [-0.39, 0.29) is 35.1 Å². The van der Waals surface area contributed by atoms with Crippen LogP contribution >= 0.6 is 11.8 Å². The summed E-state index contributed by atoms with van der Waals surface area (Å²) >= 11 is 1.21. The van der Waals surface area contributed by atoms with Crippen LogP contribution in [0.25, 0.3) is 0 Å². The second kappa shape index (κ2) is 10.9. The standard InChI is InChI=1S/C20H22N4O10S/c1-9(25)33-10(2)34-19(28)15-11(7-32-20(21)29)8-35-18-14(17(27)24(15)18)22-16(26)13(23-30-3)12-5-4-6-31-12/h4-6,10,14,18H,7-8H2,1-3H3,(H2,21,29)(H,22,26)/b23-13-/t10-,14+,18-/m0/s1. The molecule has 2 aliphatic heterocycles. The van der Waals surface area contributed by atoms with Crippen LogP contribution in [-0.4, -0.2) is 77.6 Å². The van der Waals surface area contributed by atoms with Crippen LogP contribution in [-0.2, 0) is 38.2 Å². The lowest BCUT2D eigenvalue weighted by atomic mass is 10.0. The second-order valence-corrected chi connectivity index (χ2v) is 8.21. The van der Waals surface area contributed by atoms with Crippen LogP contribution in [0, 0.1) is 0 Å². The summed E-state index contributed by atoms with van der Waals surface area (Å²) in [4.78, 5) is 66.7. The van der Waals surface area contributed by atoms with Crippen molar-refractivity contribution in [3.05, 3.63) is 35.4 Å². The smallest absolute Gasteiger partial charge is 0.404 e. The maximum Gasteiger partial charge on any atom is 0.404 e. The minimum atomic E-state index is -1.24. The molecule has 0 bridgehead atoms. The first-order chi connectivity index (χ1) is 16.6. The Morgan fingerprint density at radius 3 is 2.69 bits per heavy atom. The summed E-state index contributed by atoms with van der Waals surface area (Å²) in [5, 5.41) is 5.53. The van der Waals surface area contributed by atoms with Crippen molar-refractivity contribution < 1.29 is 47.4 Å². The average Bonchev–Trinajstić information content (AvgIpc) is 3.32. The van der Waals surface area contributed by atoms with E-state index in [1.807, 2.05) is 0 Å². The van der Waals surface area contributed by atoms with Gasteiger partial charge in [0.05, 0.1) is 6.26 Å². The number of nitrogens with one attached hydrogen (secondary N) is 1. The number of hydrogen-bond acceptors (Lipinski definition) is 12. The lowest BCUT2D eigenvalue weighted by Crippen LogP contribution is -2.71. The third-order valence-corrected chi connectivity index (χ3v) is 6.01. The zero-order valence-electron chi connectivity index (χ0n) is 18.8. The molecular formula is C20H22N4O10S. The monoisotopic (exact) mass is 510 g/mol. The van der Waals surface area contributed by atoms with Gasteiger partial charge in [-0.2, -0.15) is 0 Å². The number of primary amides is 1. The van der Waals surface area contributed by atoms with Gasteiger partial charge in [-0.05, 0) is 12.1 Å². The number of thioether (sulfide) groups is 1. The number of esters is 2. The molecule has 35 heavy (non-hydrogen) atoms. The molecule has 3 amide bonds. The van der Waals surface area contributed by atoms with Crippen molar-refractivity contribution in [1.29, 1.82) is 0 Å². The van der Waals surface area contributed by atoms with Crippen LogP contribution in [0.3, 0.4) is 0 Å². The fourth-order valence-electron chi connectivity index (χ4n) is 3.32. The molecule has 0 aromatic carbocycles. The Hall–Kier alpha value is -4.01. The van der Waals surface area contributed by atoms with Gasteiger partial charge in [0.1, 0.15) is 30.8 Å². The number of carbonyl (C=O) groups is 5. The number of fused-ring (bicyclic) bond motifs is 1. The molecular weight excluding hydrogens is 488 g/mol. The van der Waals surface area contributed by atoms with E-state index >= 15 is 0 Å². The van der Waals surface area contributed by atoms with Gasteiger partial charge in [0.15, 0.2) is 5.76 Å². The number of hydrogen-bond donors (Lipinski definition) is 2. The third-order valence-electron chi connectivity index (χ3n) is 4.67. The van der Waals surface area contributed by atoms with Gasteiger partial charge in [-0.3, -0.25) is 19.3 Å². The predicted molar refractivity (Wildman–Crippen MR) is 117 cm³/mol. The molecule has 2 aliphatic rings. The number of ether oxygens (including phenoxy) is 3. The second-order valence-electron chi connectivity index (χ2n) is 7.10. The highest BCUT2D eigenvalue weighted by atomic mass is 32.2. The topological polar surface area (TPSA) is 189 Å². The molecule has 3 N–H and O–H groups in total. The lowest BCUT2D eigenvalue weighted by Gasteiger charge is -2.49. The van der Waals surface area contributed by atoms with E-state index in [1.165, 1.54) is 38.1 Å². The molecule has 188 valence electrons. The van der Waals surface area contributed by atoms with Crippen molar-refractivity contribution in [3.8, 4) is 0 Å². The summed E-state index contributed by atoms with van der Waals surface area (Å²) in [6, 6.07) is 2.03. The number of rotatable bonds is 9. The van der Waals surface area contributed by atoms with Crippen molar-refractivity contribution in [2.45, 2.75) is 31.6 Å². The lowest BCUT2D eigenvalue weighted by molar-refractivity contribution is -0.182. The Kier molecular flexibility index (Phi) is 8.01. The molecule has 0 aliphatic carbocycles. The van der Waals surface area contributed by atoms with Crippen LogP contribution in [0.1, 0.15) is 19.6 Å². The zero-order valence-corrected chi connectivity index (χ0v) is 19.7. The molecule has 3 atom stereocenters. The minimum absolute atomic E-state index is 0.124. The maximum atomic E-state index is 13.0. The van der Waals surface area contributed by atoms with Crippen LogP contribution in [0.5, 0.6) is 0 Å². The van der Waals surface area contributed by atoms with Gasteiger partial charge in [-0.15, -0.1) is 11.8 Å². The van der Waals surface area contributed by atoms with Gasteiger partial charge >= 0.3 is 18.0 Å². The Morgan fingerprint density at radius 1 is 1.34 bits per heavy atom. The van der Waals surface area contributed by atoms with Crippen LogP contribution in [0.15, 0.2) is 39.2 Å². The molecule has 0 radical (unpaired) electrons. The molecule has 3 rings (SSSR count). The van der Waals surface area contributed by atoms with Gasteiger partial charge in [0.25, 0.3) is 11.8 Å². The van der Waals surface area contributed by atoms with E-state index in [0.717, 1.165) is 11.8 Å². The summed E-state index contributed by atoms with van der Waals surface area (Å²) in [6.45, 7) is 2.09. The van der Waals surface area contributed by atoms with Crippen LogP contribution in [0.4, 0.5) is 4.79 Å². The Bertz CT molecular complexity index is 1080. The first-order valence-corrected chi connectivity index (χ1v) is 11.1. The average molecular weight is 510 g/mol. The number of oxime groups is 1. The molecule has 14 nitrogen and oxygen atoms in total. The highest BCUT2D eigenvalue weighted by Crippen LogP contribution is 2.41. The van der Waals surface area contributed by atoms with Crippen molar-refractivity contribution in [1.82, 2.24) is 10.2 Å². The van der Waals surface area contributed by atoms with E-state index in [2.05, 4.69) is 10.5 Å². The number of β-lactam (4-membered cyclic amide) rings is 1. The summed E-state index contributed by atoms with van der Waals surface area (Å²) in [7, 11) is 1.25. The van der Waals surface area contributed by atoms with E-state index in [0.29, 0.717) is 0 Å². The number of carbonyl (C=O) groups excluding carboxylic acids is 5. The van der Waals surface area contributed by atoms with Crippen LogP contribution in [0.2, 0.25) is 0 Å². The largest absolute Gasteiger partial charge is 0.462 e. The molecule has 1 aromatic rings. The SMILES string of the molecule is CO/N=C(\C(=O)N[C@@H]1C(=O)N2C(C(=O)O[C@@H](C)OC(C)=O)=C(COC(N)=O)CS[C@@H]12)c1ccco1. The highest BCUT2D eigenvalue weighted by molar-refractivity contribution is 8.00. The number of nitrogens with zero attached hydrogens (tertiary/aromatic N) is 2. The number of amides is 3. The van der Waals surface area contributed by atoms with E-state index in [4.69, 9.17) is 29.2 Å². The maximum absolute atomic E-state index is 13.0. The molecule has 1 saturated heterocycles. The molecule has 0 unspecified atom stereocenters. The van der Waals surface area contributed by atoms with Gasteiger partial charge in [0.2, 0.25) is 12.0 Å². The van der Waals surface area contributed by atoms with E-state index in [1.54, 1.807) is 6.07 Å². The van der Waals surface area contributed by atoms with Gasteiger partial charge in [-0.1, -0.05) is 5.16 Å². The van der Waals surface area contributed by atoms with Crippen molar-refractivity contribution >= 4 is 47.3 Å².